The Balaban J connectivity index is 1.50. The molecule has 2 heterocycles. The van der Waals surface area contributed by atoms with Gasteiger partial charge in [0, 0.05) is 35.1 Å². The predicted molar refractivity (Wildman–Crippen MR) is 133 cm³/mol. The summed E-state index contributed by atoms with van der Waals surface area (Å²) in [6.07, 6.45) is 4.59. The minimum Gasteiger partial charge on any atom is -0.294 e. The van der Waals surface area contributed by atoms with Crippen LogP contribution in [0.4, 0.5) is 0 Å². The summed E-state index contributed by atoms with van der Waals surface area (Å²) in [5.74, 6) is 0.373. The highest BCUT2D eigenvalue weighted by Gasteiger charge is 2.21. The summed E-state index contributed by atoms with van der Waals surface area (Å²) in [6.45, 7) is 0. The molecule has 2 aliphatic carbocycles. The van der Waals surface area contributed by atoms with E-state index in [0.717, 1.165) is 81.8 Å². The molecule has 0 aliphatic heterocycles. The summed E-state index contributed by atoms with van der Waals surface area (Å²) in [5, 5.41) is 0. The molecule has 2 aromatic heterocycles. The Kier molecular flexibility index (Phi) is 5.14. The predicted octanol–water partition coefficient (Wildman–Crippen LogP) is 6.52. The van der Waals surface area contributed by atoms with Gasteiger partial charge in [-0.3, -0.25) is 19.6 Å². The fraction of sp³-hybridized carbons (Fsp3) is 0.200. The minimum absolute atomic E-state index is 0.185. The molecule has 4 nitrogen and oxygen atoms in total. The third-order valence-electron chi connectivity index (χ3n) is 6.86. The largest absolute Gasteiger partial charge is 0.294 e. The van der Waals surface area contributed by atoms with Crippen molar-refractivity contribution in [2.75, 3.05) is 0 Å². The lowest BCUT2D eigenvalue weighted by Crippen LogP contribution is -2.13. The molecule has 0 atom stereocenters. The van der Waals surface area contributed by atoms with E-state index in [-0.39, 0.29) is 11.6 Å². The number of Topliss-reactive ketones (excluding diaryl/α,β-unsaturated/α-hetero) is 2. The Morgan fingerprint density at radius 2 is 1.09 bits per heavy atom. The third-order valence-corrected chi connectivity index (χ3v) is 6.86. The van der Waals surface area contributed by atoms with Crippen molar-refractivity contribution in [2.45, 2.75) is 38.5 Å². The molecule has 4 heteroatoms. The molecular weight excluding hydrogens is 420 g/mol. The third kappa shape index (κ3) is 3.65. The lowest BCUT2D eigenvalue weighted by Gasteiger charge is -2.18. The maximum absolute atomic E-state index is 12.3. The normalized spacial score (nSPS) is 15.1. The first-order valence-electron chi connectivity index (χ1n) is 11.9. The van der Waals surface area contributed by atoms with Crippen LogP contribution in [0.3, 0.4) is 0 Å². The molecule has 34 heavy (non-hydrogen) atoms. The summed E-state index contributed by atoms with van der Waals surface area (Å²) in [5.41, 5.74) is 9.24. The van der Waals surface area contributed by atoms with Crippen LogP contribution in [0.15, 0.2) is 72.8 Å². The molecule has 166 valence electrons. The SMILES string of the molecule is O=C1CCCc2nc(-c3ccc(-c4ccccc4)c(-c4ccc5c(n4)CCCC5=O)c3)ccc21. The molecular formula is C30H24N2O2. The highest BCUT2D eigenvalue weighted by molar-refractivity contribution is 5.99. The standard InChI is InChI=1S/C30H24N2O2/c33-29-10-4-8-26-22(29)14-16-25(31-26)20-12-13-21(19-6-2-1-3-7-19)24(18-20)28-17-15-23-27(32-28)9-5-11-30(23)34/h1-3,6-7,12-18H,4-5,8-11H2. The van der Waals surface area contributed by atoms with Crippen molar-refractivity contribution in [3.8, 4) is 33.6 Å². The zero-order valence-corrected chi connectivity index (χ0v) is 18.9. The van der Waals surface area contributed by atoms with Crippen molar-refractivity contribution in [1.82, 2.24) is 9.97 Å². The Labute approximate surface area is 198 Å². The van der Waals surface area contributed by atoms with E-state index in [1.807, 2.05) is 42.5 Å². The molecule has 0 radical (unpaired) electrons. The second-order valence-corrected chi connectivity index (χ2v) is 9.06. The van der Waals surface area contributed by atoms with E-state index >= 15 is 0 Å². The van der Waals surface area contributed by atoms with Gasteiger partial charge in [-0.05, 0) is 67.1 Å². The first-order chi connectivity index (χ1) is 16.7. The van der Waals surface area contributed by atoms with Gasteiger partial charge in [-0.2, -0.15) is 0 Å². The van der Waals surface area contributed by atoms with E-state index in [4.69, 9.17) is 9.97 Å². The fourth-order valence-electron chi connectivity index (χ4n) is 5.09. The van der Waals surface area contributed by atoms with Gasteiger partial charge in [0.05, 0.1) is 22.8 Å². The first-order valence-corrected chi connectivity index (χ1v) is 11.9. The highest BCUT2D eigenvalue weighted by atomic mass is 16.1. The summed E-state index contributed by atoms with van der Waals surface area (Å²) in [6, 6.07) is 24.4. The summed E-state index contributed by atoms with van der Waals surface area (Å²) >= 11 is 0. The van der Waals surface area contributed by atoms with Crippen LogP contribution in [0.1, 0.15) is 57.8 Å². The van der Waals surface area contributed by atoms with E-state index in [0.29, 0.717) is 12.8 Å². The maximum Gasteiger partial charge on any atom is 0.164 e. The molecule has 2 aromatic carbocycles. The number of pyridine rings is 2. The van der Waals surface area contributed by atoms with Crippen molar-refractivity contribution < 1.29 is 9.59 Å². The Hall–Kier alpha value is -3.92. The van der Waals surface area contributed by atoms with Gasteiger partial charge in [0.15, 0.2) is 11.6 Å². The van der Waals surface area contributed by atoms with Crippen molar-refractivity contribution in [1.29, 1.82) is 0 Å². The molecule has 0 saturated heterocycles. The van der Waals surface area contributed by atoms with Gasteiger partial charge in [-0.25, -0.2) is 0 Å². The average Bonchev–Trinajstić information content (AvgIpc) is 2.89. The van der Waals surface area contributed by atoms with Crippen LogP contribution in [-0.2, 0) is 12.8 Å². The number of benzene rings is 2. The van der Waals surface area contributed by atoms with Crippen molar-refractivity contribution >= 4 is 11.6 Å². The molecule has 0 saturated carbocycles. The Morgan fingerprint density at radius 1 is 0.500 bits per heavy atom. The number of aromatic nitrogens is 2. The second-order valence-electron chi connectivity index (χ2n) is 9.06. The molecule has 0 N–H and O–H groups in total. The van der Waals surface area contributed by atoms with Crippen molar-refractivity contribution in [3.05, 3.63) is 95.3 Å². The first kappa shape index (κ1) is 20.7. The summed E-state index contributed by atoms with van der Waals surface area (Å²) in [4.78, 5) is 34.4. The zero-order chi connectivity index (χ0) is 23.1. The van der Waals surface area contributed by atoms with E-state index in [9.17, 15) is 9.59 Å². The van der Waals surface area contributed by atoms with E-state index in [1.54, 1.807) is 0 Å². The lowest BCUT2D eigenvalue weighted by molar-refractivity contribution is 0.0963. The number of nitrogens with zero attached hydrogens (tertiary/aromatic N) is 2. The number of ketones is 2. The van der Waals surface area contributed by atoms with Crippen LogP contribution in [0.2, 0.25) is 0 Å². The molecule has 2 aliphatic rings. The molecule has 0 unspecified atom stereocenters. The number of aryl methyl sites for hydroxylation is 2. The minimum atomic E-state index is 0.185. The van der Waals surface area contributed by atoms with E-state index < -0.39 is 0 Å². The second kappa shape index (κ2) is 8.45. The van der Waals surface area contributed by atoms with Crippen LogP contribution in [0.5, 0.6) is 0 Å². The highest BCUT2D eigenvalue weighted by Crippen LogP contribution is 2.36. The van der Waals surface area contributed by atoms with Crippen LogP contribution in [0.25, 0.3) is 33.6 Å². The van der Waals surface area contributed by atoms with Gasteiger partial charge < -0.3 is 0 Å². The molecule has 4 aromatic rings. The summed E-state index contributed by atoms with van der Waals surface area (Å²) < 4.78 is 0. The van der Waals surface area contributed by atoms with Crippen LogP contribution >= 0.6 is 0 Å². The molecule has 0 amide bonds. The number of carbonyl (C=O) groups excluding carboxylic acids is 2. The number of fused-ring (bicyclic) bond motifs is 2. The average molecular weight is 445 g/mol. The fourth-order valence-corrected chi connectivity index (χ4v) is 5.09. The maximum atomic E-state index is 12.3. The number of hydrogen-bond donors (Lipinski definition) is 0. The van der Waals surface area contributed by atoms with E-state index in [1.165, 1.54) is 0 Å². The van der Waals surface area contributed by atoms with Gasteiger partial charge in [0.25, 0.3) is 0 Å². The number of rotatable bonds is 3. The number of carbonyl (C=O) groups is 2. The molecule has 0 spiro atoms. The van der Waals surface area contributed by atoms with Gasteiger partial charge in [0.1, 0.15) is 0 Å². The Morgan fingerprint density at radius 3 is 1.76 bits per heavy atom. The number of hydrogen-bond acceptors (Lipinski definition) is 4. The van der Waals surface area contributed by atoms with Gasteiger partial charge in [-0.1, -0.05) is 42.5 Å². The molecule has 6 rings (SSSR count). The quantitative estimate of drug-likeness (QED) is 0.361. The Bertz CT molecular complexity index is 1440. The summed E-state index contributed by atoms with van der Waals surface area (Å²) in [7, 11) is 0. The van der Waals surface area contributed by atoms with Gasteiger partial charge in [0.2, 0.25) is 0 Å². The van der Waals surface area contributed by atoms with Crippen molar-refractivity contribution in [2.24, 2.45) is 0 Å². The van der Waals surface area contributed by atoms with Crippen LogP contribution in [0, 0.1) is 0 Å². The topological polar surface area (TPSA) is 59.9 Å². The molecule has 0 bridgehead atoms. The van der Waals surface area contributed by atoms with Crippen LogP contribution in [-0.4, -0.2) is 21.5 Å². The van der Waals surface area contributed by atoms with E-state index in [2.05, 4.69) is 30.3 Å². The van der Waals surface area contributed by atoms with Crippen LogP contribution < -0.4 is 0 Å². The monoisotopic (exact) mass is 444 g/mol. The van der Waals surface area contributed by atoms with Gasteiger partial charge in [-0.15, -0.1) is 0 Å². The lowest BCUT2D eigenvalue weighted by atomic mass is 9.91. The zero-order valence-electron chi connectivity index (χ0n) is 18.9. The molecule has 0 fully saturated rings. The van der Waals surface area contributed by atoms with Crippen molar-refractivity contribution in [3.63, 3.8) is 0 Å². The smallest absolute Gasteiger partial charge is 0.164 e. The van der Waals surface area contributed by atoms with Gasteiger partial charge >= 0.3 is 0 Å².